The molecule has 0 saturated carbocycles. The topological polar surface area (TPSA) is 61.9 Å². The molecule has 0 saturated heterocycles. The molecule has 1 atom stereocenters. The van der Waals surface area contributed by atoms with Crippen molar-refractivity contribution in [2.75, 3.05) is 19.1 Å². The van der Waals surface area contributed by atoms with Crippen molar-refractivity contribution in [2.45, 2.75) is 32.7 Å². The molecular weight excluding hydrogens is 236 g/mol. The van der Waals surface area contributed by atoms with Crippen LogP contribution in [0.15, 0.2) is 0 Å². The van der Waals surface area contributed by atoms with Crippen LogP contribution in [-0.4, -0.2) is 51.1 Å². The minimum absolute atomic E-state index is 0.116. The second-order valence-electron chi connectivity index (χ2n) is 4.01. The molecular formula is C11H20N4OS. The molecule has 5 nitrogen and oxygen atoms in total. The summed E-state index contributed by atoms with van der Waals surface area (Å²) in [6.45, 7) is 4.01. The van der Waals surface area contributed by atoms with Crippen LogP contribution in [0.4, 0.5) is 0 Å². The lowest BCUT2D eigenvalue weighted by Gasteiger charge is -2.23. The van der Waals surface area contributed by atoms with Gasteiger partial charge in [-0.15, -0.1) is 5.10 Å². The Kier molecular flexibility index (Phi) is 5.47. The fourth-order valence-corrected chi connectivity index (χ4v) is 1.97. The van der Waals surface area contributed by atoms with E-state index in [1.54, 1.807) is 23.7 Å². The zero-order valence-corrected chi connectivity index (χ0v) is 11.7. The van der Waals surface area contributed by atoms with E-state index in [2.05, 4.69) is 21.4 Å². The summed E-state index contributed by atoms with van der Waals surface area (Å²) in [5, 5.41) is 6.70. The molecule has 1 unspecified atom stereocenters. The number of amides is 1. The predicted octanol–water partition coefficient (Wildman–Crippen LogP) is 1.58. The number of rotatable bonds is 6. The summed E-state index contributed by atoms with van der Waals surface area (Å²) < 4.78 is 0. The van der Waals surface area contributed by atoms with Gasteiger partial charge in [0.2, 0.25) is 5.82 Å². The van der Waals surface area contributed by atoms with Crippen LogP contribution in [-0.2, 0) is 6.42 Å². The normalized spacial score (nSPS) is 12.5. The Hall–Kier alpha value is -1.04. The molecule has 0 spiro atoms. The summed E-state index contributed by atoms with van der Waals surface area (Å²) in [4.78, 5) is 17.9. The van der Waals surface area contributed by atoms with Gasteiger partial charge in [-0.05, 0) is 25.4 Å². The van der Waals surface area contributed by atoms with Gasteiger partial charge in [-0.25, -0.2) is 4.98 Å². The van der Waals surface area contributed by atoms with Crippen LogP contribution in [0.5, 0.6) is 0 Å². The van der Waals surface area contributed by atoms with E-state index in [9.17, 15) is 4.79 Å². The number of aryl methyl sites for hydroxylation is 1. The van der Waals surface area contributed by atoms with Gasteiger partial charge in [0.15, 0.2) is 0 Å². The number of nitrogens with zero attached hydrogens (tertiary/aromatic N) is 3. The van der Waals surface area contributed by atoms with E-state index in [-0.39, 0.29) is 17.8 Å². The molecule has 1 rings (SSSR count). The highest BCUT2D eigenvalue weighted by molar-refractivity contribution is 7.98. The van der Waals surface area contributed by atoms with E-state index in [1.165, 1.54) is 0 Å². The van der Waals surface area contributed by atoms with E-state index >= 15 is 0 Å². The average Bonchev–Trinajstić information content (AvgIpc) is 2.82. The standard InChI is InChI=1S/C11H20N4OS/c1-5-9-12-10(14-13-9)11(16)15(3)8(2)6-7-17-4/h8H,5-7H2,1-4H3,(H,12,13,14). The van der Waals surface area contributed by atoms with Crippen LogP contribution in [0.3, 0.4) is 0 Å². The number of aromatic amines is 1. The third-order valence-corrected chi connectivity index (χ3v) is 3.42. The van der Waals surface area contributed by atoms with Crippen molar-refractivity contribution >= 4 is 17.7 Å². The Labute approximate surface area is 106 Å². The summed E-state index contributed by atoms with van der Waals surface area (Å²) in [7, 11) is 1.80. The summed E-state index contributed by atoms with van der Waals surface area (Å²) in [5.41, 5.74) is 0. The fourth-order valence-electron chi connectivity index (χ4n) is 1.39. The van der Waals surface area contributed by atoms with Gasteiger partial charge in [0.25, 0.3) is 5.91 Å². The maximum Gasteiger partial charge on any atom is 0.293 e. The summed E-state index contributed by atoms with van der Waals surface area (Å²) in [5.74, 6) is 1.95. The molecule has 17 heavy (non-hydrogen) atoms. The van der Waals surface area contributed by atoms with E-state index < -0.39 is 0 Å². The smallest absolute Gasteiger partial charge is 0.293 e. The van der Waals surface area contributed by atoms with E-state index in [4.69, 9.17) is 0 Å². The van der Waals surface area contributed by atoms with Crippen molar-refractivity contribution in [2.24, 2.45) is 0 Å². The Morgan fingerprint density at radius 3 is 2.82 bits per heavy atom. The van der Waals surface area contributed by atoms with Crippen LogP contribution in [0, 0.1) is 0 Å². The molecule has 6 heteroatoms. The summed E-state index contributed by atoms with van der Waals surface area (Å²) in [6, 6.07) is 0.207. The van der Waals surface area contributed by atoms with Gasteiger partial charge in [0, 0.05) is 19.5 Å². The Balaban J connectivity index is 2.62. The third-order valence-electron chi connectivity index (χ3n) is 2.78. The zero-order chi connectivity index (χ0) is 12.8. The highest BCUT2D eigenvalue weighted by Gasteiger charge is 2.20. The van der Waals surface area contributed by atoms with Crippen molar-refractivity contribution in [3.8, 4) is 0 Å². The first-order valence-electron chi connectivity index (χ1n) is 5.77. The number of carbonyl (C=O) groups excluding carboxylic acids is 1. The maximum absolute atomic E-state index is 12.1. The average molecular weight is 256 g/mol. The van der Waals surface area contributed by atoms with E-state index in [1.807, 2.05) is 13.8 Å². The first-order valence-corrected chi connectivity index (χ1v) is 7.16. The summed E-state index contributed by atoms with van der Waals surface area (Å²) in [6.07, 6.45) is 3.80. The van der Waals surface area contributed by atoms with Crippen molar-refractivity contribution < 1.29 is 4.79 Å². The Bertz CT molecular complexity index is 366. The lowest BCUT2D eigenvalue weighted by molar-refractivity contribution is 0.0729. The molecule has 1 aromatic heterocycles. The minimum Gasteiger partial charge on any atom is -0.336 e. The highest BCUT2D eigenvalue weighted by Crippen LogP contribution is 2.08. The molecule has 1 amide bonds. The molecule has 0 aliphatic heterocycles. The third kappa shape index (κ3) is 3.73. The monoisotopic (exact) mass is 256 g/mol. The van der Waals surface area contributed by atoms with Crippen molar-refractivity contribution in [1.29, 1.82) is 0 Å². The highest BCUT2D eigenvalue weighted by atomic mass is 32.2. The van der Waals surface area contributed by atoms with Crippen molar-refractivity contribution in [1.82, 2.24) is 20.1 Å². The second kappa shape index (κ2) is 6.64. The van der Waals surface area contributed by atoms with E-state index in [0.29, 0.717) is 0 Å². The van der Waals surface area contributed by atoms with Gasteiger partial charge in [-0.3, -0.25) is 9.89 Å². The largest absolute Gasteiger partial charge is 0.336 e. The quantitative estimate of drug-likeness (QED) is 0.839. The maximum atomic E-state index is 12.1. The SMILES string of the molecule is CCc1nc(C(=O)N(C)C(C)CCSC)n[nH]1. The van der Waals surface area contributed by atoms with Crippen LogP contribution in [0.2, 0.25) is 0 Å². The molecule has 0 aromatic carbocycles. The molecule has 0 bridgehead atoms. The summed E-state index contributed by atoms with van der Waals surface area (Å²) >= 11 is 1.79. The van der Waals surface area contributed by atoms with Crippen molar-refractivity contribution in [3.63, 3.8) is 0 Å². The number of aromatic nitrogens is 3. The lowest BCUT2D eigenvalue weighted by Crippen LogP contribution is -2.36. The number of H-pyrrole nitrogens is 1. The number of carbonyl (C=O) groups is 1. The van der Waals surface area contributed by atoms with Gasteiger partial charge >= 0.3 is 0 Å². The number of thioether (sulfide) groups is 1. The van der Waals surface area contributed by atoms with Gasteiger partial charge < -0.3 is 4.90 Å². The molecule has 0 radical (unpaired) electrons. The molecule has 0 fully saturated rings. The van der Waals surface area contributed by atoms with Crippen LogP contribution in [0.1, 0.15) is 36.7 Å². The molecule has 1 aromatic rings. The number of hydrogen-bond donors (Lipinski definition) is 1. The molecule has 1 heterocycles. The molecule has 0 aliphatic rings. The molecule has 1 N–H and O–H groups in total. The van der Waals surface area contributed by atoms with Crippen molar-refractivity contribution in [3.05, 3.63) is 11.6 Å². The second-order valence-corrected chi connectivity index (χ2v) is 4.99. The predicted molar refractivity (Wildman–Crippen MR) is 70.3 cm³/mol. The fraction of sp³-hybridized carbons (Fsp3) is 0.727. The first-order chi connectivity index (χ1) is 8.10. The van der Waals surface area contributed by atoms with Gasteiger partial charge in [0.05, 0.1) is 0 Å². The minimum atomic E-state index is -0.116. The zero-order valence-electron chi connectivity index (χ0n) is 10.9. The van der Waals surface area contributed by atoms with Gasteiger partial charge in [-0.1, -0.05) is 6.92 Å². The molecule has 96 valence electrons. The first kappa shape index (κ1) is 14.0. The Morgan fingerprint density at radius 1 is 1.59 bits per heavy atom. The lowest BCUT2D eigenvalue weighted by atomic mass is 10.2. The van der Waals surface area contributed by atoms with Gasteiger partial charge in [0.1, 0.15) is 5.82 Å². The van der Waals surface area contributed by atoms with Crippen LogP contribution >= 0.6 is 11.8 Å². The number of hydrogen-bond acceptors (Lipinski definition) is 4. The van der Waals surface area contributed by atoms with Crippen LogP contribution < -0.4 is 0 Å². The molecule has 0 aliphatic carbocycles. The van der Waals surface area contributed by atoms with Gasteiger partial charge in [-0.2, -0.15) is 11.8 Å². The number of nitrogens with one attached hydrogen (secondary N) is 1. The Morgan fingerprint density at radius 2 is 2.29 bits per heavy atom. The van der Waals surface area contributed by atoms with E-state index in [0.717, 1.165) is 24.4 Å². The van der Waals surface area contributed by atoms with Crippen LogP contribution in [0.25, 0.3) is 0 Å².